The third kappa shape index (κ3) is 7.35. The summed E-state index contributed by atoms with van der Waals surface area (Å²) in [7, 11) is 0. The number of pyridine rings is 1. The highest BCUT2D eigenvalue weighted by Crippen LogP contribution is 2.42. The van der Waals surface area contributed by atoms with Gasteiger partial charge in [-0.3, -0.25) is 9.55 Å². The molecule has 59 heavy (non-hydrogen) atoms. The molecule has 0 aliphatic heterocycles. The van der Waals surface area contributed by atoms with Gasteiger partial charge in [-0.05, 0) is 110 Å². The molecule has 0 spiro atoms. The standard InChI is InChI=1S/C55H47N3O/c1-36(2)41-27-28-50(48(34-41)40-17-10-7-11-18-40)58-51-21-14-20-46(53(51)57-54(58)47-19-12-13-22-52(47)59)43-31-44(33-45(32-43)55(3,4)5)49-35-42(29-30-56-49)39-25-23-38(24-26-39)37-15-8-6-9-16-37/h6-36,59H,1-5H3/i36D. The van der Waals surface area contributed by atoms with Crippen molar-refractivity contribution in [3.05, 3.63) is 193 Å². The maximum atomic E-state index is 11.4. The van der Waals surface area contributed by atoms with Gasteiger partial charge in [0.15, 0.2) is 0 Å². The van der Waals surface area contributed by atoms with E-state index in [4.69, 9.17) is 11.3 Å². The number of phenols is 1. The molecule has 1 N–H and O–H groups in total. The molecule has 0 unspecified atom stereocenters. The van der Waals surface area contributed by atoms with Gasteiger partial charge in [-0.25, -0.2) is 4.98 Å². The number of para-hydroxylation sites is 2. The van der Waals surface area contributed by atoms with Crippen LogP contribution in [0.5, 0.6) is 5.75 Å². The van der Waals surface area contributed by atoms with E-state index in [1.807, 2.05) is 68.6 Å². The Morgan fingerprint density at radius 2 is 1.17 bits per heavy atom. The van der Waals surface area contributed by atoms with Crippen molar-refractivity contribution in [2.45, 2.75) is 45.9 Å². The Bertz CT molecular complexity index is 2990. The number of aromatic hydroxyl groups is 1. The summed E-state index contributed by atoms with van der Waals surface area (Å²) in [6, 6.07) is 60.5. The average molecular weight is 767 g/mol. The first-order chi connectivity index (χ1) is 28.9. The van der Waals surface area contributed by atoms with Crippen molar-refractivity contribution >= 4 is 11.0 Å². The van der Waals surface area contributed by atoms with Crippen LogP contribution in [-0.2, 0) is 5.41 Å². The summed E-state index contributed by atoms with van der Waals surface area (Å²) in [6.45, 7) is 10.6. The number of rotatable bonds is 8. The molecule has 2 heterocycles. The number of nitrogens with zero attached hydrogens (tertiary/aromatic N) is 3. The first-order valence-corrected chi connectivity index (χ1v) is 20.2. The lowest BCUT2D eigenvalue weighted by Gasteiger charge is -2.22. The van der Waals surface area contributed by atoms with Gasteiger partial charge in [-0.2, -0.15) is 0 Å². The van der Waals surface area contributed by atoms with Crippen molar-refractivity contribution in [1.29, 1.82) is 0 Å². The largest absolute Gasteiger partial charge is 0.507 e. The van der Waals surface area contributed by atoms with Crippen LogP contribution in [0.4, 0.5) is 0 Å². The number of hydrogen-bond acceptors (Lipinski definition) is 3. The summed E-state index contributed by atoms with van der Waals surface area (Å²) < 4.78 is 11.1. The lowest BCUT2D eigenvalue weighted by molar-refractivity contribution is 0.477. The maximum absolute atomic E-state index is 11.4. The van der Waals surface area contributed by atoms with E-state index in [0.29, 0.717) is 11.4 Å². The molecule has 9 rings (SSSR count). The number of hydrogen-bond donors (Lipinski definition) is 1. The summed E-state index contributed by atoms with van der Waals surface area (Å²) in [5.41, 5.74) is 15.8. The molecule has 0 saturated heterocycles. The summed E-state index contributed by atoms with van der Waals surface area (Å²) >= 11 is 0. The highest BCUT2D eigenvalue weighted by Gasteiger charge is 2.24. The van der Waals surface area contributed by atoms with Gasteiger partial charge in [-0.1, -0.05) is 156 Å². The molecule has 0 fully saturated rings. The van der Waals surface area contributed by atoms with Gasteiger partial charge in [0.25, 0.3) is 0 Å². The van der Waals surface area contributed by atoms with E-state index in [1.165, 1.54) is 16.7 Å². The number of fused-ring (bicyclic) bond motifs is 1. The summed E-state index contributed by atoms with van der Waals surface area (Å²) in [5.74, 6) is -0.0203. The third-order valence-electron chi connectivity index (χ3n) is 11.2. The minimum atomic E-state index is -0.802. The van der Waals surface area contributed by atoms with Gasteiger partial charge < -0.3 is 5.11 Å². The Morgan fingerprint density at radius 3 is 1.86 bits per heavy atom. The number of benzene rings is 7. The molecule has 0 atom stereocenters. The van der Waals surface area contributed by atoms with Crippen molar-refractivity contribution in [2.24, 2.45) is 0 Å². The molecule has 7 aromatic carbocycles. The molecular weight excluding hydrogens is 719 g/mol. The van der Waals surface area contributed by atoms with E-state index >= 15 is 0 Å². The van der Waals surface area contributed by atoms with E-state index in [2.05, 4.69) is 147 Å². The quantitative estimate of drug-likeness (QED) is 0.168. The fourth-order valence-electron chi connectivity index (χ4n) is 7.93. The van der Waals surface area contributed by atoms with E-state index in [-0.39, 0.29) is 11.2 Å². The molecule has 0 radical (unpaired) electrons. The predicted octanol–water partition coefficient (Wildman–Crippen LogP) is 14.5. The normalized spacial score (nSPS) is 12.1. The highest BCUT2D eigenvalue weighted by atomic mass is 16.3. The highest BCUT2D eigenvalue weighted by molar-refractivity contribution is 5.97. The van der Waals surface area contributed by atoms with Crippen LogP contribution < -0.4 is 0 Å². The lowest BCUT2D eigenvalue weighted by Crippen LogP contribution is -2.11. The number of imidazole rings is 1. The van der Waals surface area contributed by atoms with Gasteiger partial charge in [0.1, 0.15) is 11.6 Å². The van der Waals surface area contributed by atoms with Crippen LogP contribution in [0.25, 0.3) is 83.9 Å². The average Bonchev–Trinajstić information content (AvgIpc) is 3.66. The maximum Gasteiger partial charge on any atom is 0.149 e. The second kappa shape index (κ2) is 15.4. The van der Waals surface area contributed by atoms with Gasteiger partial charge in [-0.15, -0.1) is 0 Å². The molecular formula is C55H47N3O. The SMILES string of the molecule is [2H]C(C)(C)c1ccc(-n2c(-c3ccccc3O)nc3c(-c4cc(-c5cc(-c6ccc(-c7ccccc7)cc6)ccn5)cc(C(C)(C)C)c4)cccc32)c(-c2ccccc2)c1. The monoisotopic (exact) mass is 766 g/mol. The fourth-order valence-corrected chi connectivity index (χ4v) is 7.93. The molecule has 4 nitrogen and oxygen atoms in total. The van der Waals surface area contributed by atoms with Crippen LogP contribution in [0.3, 0.4) is 0 Å². The topological polar surface area (TPSA) is 50.9 Å². The van der Waals surface area contributed by atoms with Gasteiger partial charge >= 0.3 is 0 Å². The Hall–Kier alpha value is -7.04. The van der Waals surface area contributed by atoms with Crippen molar-refractivity contribution in [3.63, 3.8) is 0 Å². The Balaban J connectivity index is 1.23. The third-order valence-corrected chi connectivity index (χ3v) is 11.2. The smallest absolute Gasteiger partial charge is 0.149 e. The van der Waals surface area contributed by atoms with Crippen molar-refractivity contribution in [2.75, 3.05) is 0 Å². The Morgan fingerprint density at radius 1 is 0.542 bits per heavy atom. The van der Waals surface area contributed by atoms with Crippen molar-refractivity contribution < 1.29 is 6.48 Å². The molecule has 2 aromatic heterocycles. The van der Waals surface area contributed by atoms with Crippen molar-refractivity contribution in [1.82, 2.24) is 14.5 Å². The molecule has 0 saturated carbocycles. The number of aromatic nitrogens is 3. The number of phenolic OH excluding ortho intramolecular Hbond substituents is 1. The first kappa shape index (κ1) is 36.3. The summed E-state index contributed by atoms with van der Waals surface area (Å²) in [4.78, 5) is 10.4. The van der Waals surface area contributed by atoms with E-state index in [0.717, 1.165) is 66.9 Å². The van der Waals surface area contributed by atoms with Crippen LogP contribution in [0.2, 0.25) is 0 Å². The molecule has 0 aliphatic carbocycles. The van der Waals surface area contributed by atoms with Crippen LogP contribution >= 0.6 is 0 Å². The minimum Gasteiger partial charge on any atom is -0.507 e. The Kier molecular flexibility index (Phi) is 9.46. The van der Waals surface area contributed by atoms with Gasteiger partial charge in [0, 0.05) is 24.3 Å². The fraction of sp³-hybridized carbons (Fsp3) is 0.127. The van der Waals surface area contributed by atoms with Gasteiger partial charge in [0.05, 0.1) is 28.0 Å². The van der Waals surface area contributed by atoms with E-state index < -0.39 is 5.89 Å². The molecule has 0 aliphatic rings. The summed E-state index contributed by atoms with van der Waals surface area (Å²) in [5, 5.41) is 11.4. The summed E-state index contributed by atoms with van der Waals surface area (Å²) in [6.07, 6.45) is 1.90. The Labute approximate surface area is 348 Å². The molecule has 9 aromatic rings. The van der Waals surface area contributed by atoms with Crippen LogP contribution in [-0.4, -0.2) is 19.6 Å². The van der Waals surface area contributed by atoms with E-state index in [9.17, 15) is 5.11 Å². The second-order valence-corrected chi connectivity index (χ2v) is 16.5. The van der Waals surface area contributed by atoms with Crippen LogP contribution in [0.15, 0.2) is 182 Å². The van der Waals surface area contributed by atoms with E-state index in [1.54, 1.807) is 6.07 Å². The minimum absolute atomic E-state index is 0.151. The molecule has 4 heteroatoms. The zero-order valence-electron chi connectivity index (χ0n) is 35.1. The van der Waals surface area contributed by atoms with Gasteiger partial charge in [0.2, 0.25) is 0 Å². The molecule has 288 valence electrons. The zero-order chi connectivity index (χ0) is 41.6. The molecule has 0 amide bonds. The van der Waals surface area contributed by atoms with Crippen LogP contribution in [0.1, 0.15) is 53.0 Å². The lowest BCUT2D eigenvalue weighted by atomic mass is 9.83. The first-order valence-electron chi connectivity index (χ1n) is 20.7. The van der Waals surface area contributed by atoms with Crippen molar-refractivity contribution in [3.8, 4) is 78.6 Å². The second-order valence-electron chi connectivity index (χ2n) is 16.5. The zero-order valence-corrected chi connectivity index (χ0v) is 34.1. The van der Waals surface area contributed by atoms with Crippen LogP contribution in [0, 0.1) is 0 Å². The predicted molar refractivity (Wildman–Crippen MR) is 246 cm³/mol. The molecule has 0 bridgehead atoms.